The van der Waals surface area contributed by atoms with Crippen molar-refractivity contribution in [3.63, 3.8) is 0 Å². The van der Waals surface area contributed by atoms with Crippen molar-refractivity contribution in [1.29, 1.82) is 0 Å². The number of thiophene rings is 1. The van der Waals surface area contributed by atoms with Gasteiger partial charge in [0, 0.05) is 19.2 Å². The highest BCUT2D eigenvalue weighted by molar-refractivity contribution is 7.89. The summed E-state index contributed by atoms with van der Waals surface area (Å²) in [5.41, 5.74) is 1.35. The number of ketones is 1. The fraction of sp³-hybridized carbons (Fsp3) is 0.214. The molecular formula is C14H15NO3S2. The van der Waals surface area contributed by atoms with Gasteiger partial charge in [0.1, 0.15) is 0 Å². The van der Waals surface area contributed by atoms with Gasteiger partial charge in [0.05, 0.1) is 4.90 Å². The molecule has 0 saturated carbocycles. The van der Waals surface area contributed by atoms with Gasteiger partial charge in [0.15, 0.2) is 5.78 Å². The van der Waals surface area contributed by atoms with Crippen molar-refractivity contribution in [1.82, 2.24) is 4.31 Å². The summed E-state index contributed by atoms with van der Waals surface area (Å²) in [5, 5.41) is 3.82. The average Bonchev–Trinajstić information content (AvgIpc) is 2.91. The minimum absolute atomic E-state index is 0.142. The molecule has 20 heavy (non-hydrogen) atoms. The molecule has 0 aliphatic heterocycles. The van der Waals surface area contributed by atoms with E-state index < -0.39 is 10.0 Å². The molecule has 1 aromatic carbocycles. The van der Waals surface area contributed by atoms with Crippen LogP contribution in [-0.2, 0) is 16.6 Å². The number of nitrogens with zero attached hydrogens (tertiary/aromatic N) is 1. The molecule has 4 nitrogen and oxygen atoms in total. The van der Waals surface area contributed by atoms with E-state index in [1.807, 2.05) is 16.8 Å². The van der Waals surface area contributed by atoms with Gasteiger partial charge in [0.2, 0.25) is 10.0 Å². The van der Waals surface area contributed by atoms with Crippen LogP contribution >= 0.6 is 11.3 Å². The Morgan fingerprint density at radius 2 is 2.05 bits per heavy atom. The Balaban J connectivity index is 2.29. The van der Waals surface area contributed by atoms with E-state index in [1.54, 1.807) is 12.1 Å². The Labute approximate surface area is 122 Å². The minimum Gasteiger partial charge on any atom is -0.295 e. The van der Waals surface area contributed by atoms with Crippen LogP contribution in [0.3, 0.4) is 0 Å². The molecule has 0 fully saturated rings. The van der Waals surface area contributed by atoms with Crippen molar-refractivity contribution in [2.75, 3.05) is 7.05 Å². The van der Waals surface area contributed by atoms with Gasteiger partial charge in [-0.3, -0.25) is 4.79 Å². The molecule has 0 radical (unpaired) electrons. The lowest BCUT2D eigenvalue weighted by Crippen LogP contribution is -2.26. The third kappa shape index (κ3) is 3.15. The van der Waals surface area contributed by atoms with E-state index in [0.717, 1.165) is 5.56 Å². The van der Waals surface area contributed by atoms with Crippen LogP contribution in [-0.4, -0.2) is 25.6 Å². The van der Waals surface area contributed by atoms with Gasteiger partial charge in [-0.05, 0) is 41.4 Å². The van der Waals surface area contributed by atoms with Crippen molar-refractivity contribution in [3.05, 3.63) is 52.2 Å². The molecule has 1 heterocycles. The number of rotatable bonds is 5. The zero-order valence-electron chi connectivity index (χ0n) is 11.2. The Hall–Kier alpha value is -1.50. The summed E-state index contributed by atoms with van der Waals surface area (Å²) in [5.74, 6) is -0.150. The second-order valence-electron chi connectivity index (χ2n) is 4.48. The van der Waals surface area contributed by atoms with E-state index in [1.165, 1.54) is 41.7 Å². The van der Waals surface area contributed by atoms with Gasteiger partial charge in [-0.1, -0.05) is 12.1 Å². The van der Waals surface area contributed by atoms with Crippen LogP contribution in [0.5, 0.6) is 0 Å². The van der Waals surface area contributed by atoms with Crippen molar-refractivity contribution >= 4 is 27.1 Å². The molecule has 0 bridgehead atoms. The number of hydrogen-bond acceptors (Lipinski definition) is 4. The first-order valence-electron chi connectivity index (χ1n) is 5.99. The molecular weight excluding hydrogens is 294 g/mol. The molecule has 0 atom stereocenters. The van der Waals surface area contributed by atoms with Crippen LogP contribution in [0.2, 0.25) is 0 Å². The van der Waals surface area contributed by atoms with E-state index in [2.05, 4.69) is 0 Å². The SMILES string of the molecule is CC(=O)c1cccc(S(=O)(=O)N(C)Cc2ccsc2)c1. The molecule has 6 heteroatoms. The zero-order chi connectivity index (χ0) is 14.8. The van der Waals surface area contributed by atoms with Crippen LogP contribution in [0.15, 0.2) is 46.0 Å². The monoisotopic (exact) mass is 309 g/mol. The van der Waals surface area contributed by atoms with E-state index in [4.69, 9.17) is 0 Å². The predicted molar refractivity (Wildman–Crippen MR) is 79.4 cm³/mol. The lowest BCUT2D eigenvalue weighted by atomic mass is 10.2. The fourth-order valence-electron chi connectivity index (χ4n) is 1.78. The molecule has 1 aromatic heterocycles. The predicted octanol–water partition coefficient (Wildman–Crippen LogP) is 2.77. The van der Waals surface area contributed by atoms with Gasteiger partial charge < -0.3 is 0 Å². The minimum atomic E-state index is -3.59. The van der Waals surface area contributed by atoms with E-state index in [9.17, 15) is 13.2 Å². The first-order valence-corrected chi connectivity index (χ1v) is 8.38. The van der Waals surface area contributed by atoms with Crippen molar-refractivity contribution in [2.24, 2.45) is 0 Å². The lowest BCUT2D eigenvalue weighted by molar-refractivity contribution is 0.101. The summed E-state index contributed by atoms with van der Waals surface area (Å²) < 4.78 is 26.2. The number of benzene rings is 1. The third-order valence-electron chi connectivity index (χ3n) is 2.93. The highest BCUT2D eigenvalue weighted by Gasteiger charge is 2.21. The molecule has 0 spiro atoms. The summed E-state index contributed by atoms with van der Waals surface area (Å²) in [7, 11) is -2.05. The van der Waals surface area contributed by atoms with Gasteiger partial charge in [-0.2, -0.15) is 15.6 Å². The van der Waals surface area contributed by atoms with Crippen LogP contribution in [0.25, 0.3) is 0 Å². The average molecular weight is 309 g/mol. The first-order chi connectivity index (χ1) is 9.41. The van der Waals surface area contributed by atoms with Gasteiger partial charge in [-0.15, -0.1) is 0 Å². The van der Waals surface area contributed by atoms with E-state index in [0.29, 0.717) is 12.1 Å². The number of sulfonamides is 1. The topological polar surface area (TPSA) is 54.5 Å². The molecule has 0 aliphatic carbocycles. The first kappa shape index (κ1) is 14.9. The van der Waals surface area contributed by atoms with Crippen molar-refractivity contribution in [2.45, 2.75) is 18.4 Å². The summed E-state index contributed by atoms with van der Waals surface area (Å²) in [6.07, 6.45) is 0. The van der Waals surface area contributed by atoms with Gasteiger partial charge in [-0.25, -0.2) is 8.42 Å². The van der Waals surface area contributed by atoms with Crippen LogP contribution in [0.4, 0.5) is 0 Å². The molecule has 2 rings (SSSR count). The maximum Gasteiger partial charge on any atom is 0.243 e. The largest absolute Gasteiger partial charge is 0.295 e. The Kier molecular flexibility index (Phi) is 4.37. The lowest BCUT2D eigenvalue weighted by Gasteiger charge is -2.16. The fourth-order valence-corrected chi connectivity index (χ4v) is 3.65. The summed E-state index contributed by atoms with van der Waals surface area (Å²) >= 11 is 1.53. The summed E-state index contributed by atoms with van der Waals surface area (Å²) in [6, 6.07) is 8.01. The van der Waals surface area contributed by atoms with Crippen LogP contribution in [0, 0.1) is 0 Å². The number of Topliss-reactive ketones (excluding diaryl/α,β-unsaturated/α-hetero) is 1. The Bertz CT molecular complexity index is 706. The smallest absolute Gasteiger partial charge is 0.243 e. The van der Waals surface area contributed by atoms with Crippen LogP contribution < -0.4 is 0 Å². The van der Waals surface area contributed by atoms with Crippen molar-refractivity contribution < 1.29 is 13.2 Å². The third-order valence-corrected chi connectivity index (χ3v) is 5.47. The second-order valence-corrected chi connectivity index (χ2v) is 7.30. The maximum atomic E-state index is 12.5. The molecule has 0 amide bonds. The molecule has 106 valence electrons. The van der Waals surface area contributed by atoms with E-state index >= 15 is 0 Å². The number of hydrogen-bond donors (Lipinski definition) is 0. The zero-order valence-corrected chi connectivity index (χ0v) is 12.9. The highest BCUT2D eigenvalue weighted by atomic mass is 32.2. The molecule has 0 unspecified atom stereocenters. The maximum absolute atomic E-state index is 12.5. The highest BCUT2D eigenvalue weighted by Crippen LogP contribution is 2.19. The summed E-state index contributed by atoms with van der Waals surface area (Å²) in [4.78, 5) is 11.5. The standard InChI is InChI=1S/C14H15NO3S2/c1-11(16)13-4-3-5-14(8-13)20(17,18)15(2)9-12-6-7-19-10-12/h3-8,10H,9H2,1-2H3. The van der Waals surface area contributed by atoms with Crippen LogP contribution in [0.1, 0.15) is 22.8 Å². The van der Waals surface area contributed by atoms with E-state index in [-0.39, 0.29) is 10.7 Å². The Morgan fingerprint density at radius 1 is 1.30 bits per heavy atom. The number of carbonyl (C=O) groups is 1. The molecule has 2 aromatic rings. The molecule has 0 saturated heterocycles. The normalized spacial score (nSPS) is 11.8. The van der Waals surface area contributed by atoms with Gasteiger partial charge >= 0.3 is 0 Å². The quantitative estimate of drug-likeness (QED) is 0.798. The molecule has 0 N–H and O–H groups in total. The van der Waals surface area contributed by atoms with Gasteiger partial charge in [0.25, 0.3) is 0 Å². The number of carbonyl (C=O) groups excluding carboxylic acids is 1. The molecule has 0 aliphatic rings. The Morgan fingerprint density at radius 3 is 2.65 bits per heavy atom. The van der Waals surface area contributed by atoms with Crippen molar-refractivity contribution in [3.8, 4) is 0 Å². The summed E-state index contributed by atoms with van der Waals surface area (Å²) in [6.45, 7) is 1.73. The second kappa shape index (κ2) is 5.87.